The molecule has 2 aliphatic rings. The van der Waals surface area contributed by atoms with E-state index in [4.69, 9.17) is 16.7 Å². The van der Waals surface area contributed by atoms with E-state index in [1.807, 2.05) is 35.9 Å². The smallest absolute Gasteiger partial charge is 0.162 e. The molecule has 0 spiro atoms. The van der Waals surface area contributed by atoms with Crippen molar-refractivity contribution < 1.29 is 4.79 Å². The van der Waals surface area contributed by atoms with Crippen LogP contribution in [0.15, 0.2) is 77.3 Å². The summed E-state index contributed by atoms with van der Waals surface area (Å²) >= 11 is 7.94. The Morgan fingerprint density at radius 1 is 1.03 bits per heavy atom. The highest BCUT2D eigenvalue weighted by molar-refractivity contribution is 7.10. The maximum Gasteiger partial charge on any atom is 0.162 e. The Labute approximate surface area is 207 Å². The van der Waals surface area contributed by atoms with Crippen LogP contribution in [0.1, 0.15) is 51.9 Å². The highest BCUT2D eigenvalue weighted by Crippen LogP contribution is 2.50. The molecule has 34 heavy (non-hydrogen) atoms. The van der Waals surface area contributed by atoms with Crippen LogP contribution >= 0.6 is 22.9 Å². The molecule has 2 aromatic carbocycles. The molecule has 0 fully saturated rings. The molecular weight excluding hydrogens is 462 g/mol. The van der Waals surface area contributed by atoms with Crippen LogP contribution in [0.2, 0.25) is 5.02 Å². The third kappa shape index (κ3) is 3.51. The van der Waals surface area contributed by atoms with Gasteiger partial charge in [-0.05, 0) is 61.5 Å². The van der Waals surface area contributed by atoms with Crippen LogP contribution < -0.4 is 5.32 Å². The number of benzene rings is 2. The van der Waals surface area contributed by atoms with Crippen molar-refractivity contribution in [2.75, 3.05) is 5.32 Å². The van der Waals surface area contributed by atoms with E-state index in [9.17, 15) is 4.79 Å². The number of aromatic nitrogens is 2. The van der Waals surface area contributed by atoms with E-state index in [0.717, 1.165) is 46.0 Å². The Kier molecular flexibility index (Phi) is 5.19. The van der Waals surface area contributed by atoms with E-state index < -0.39 is 0 Å². The maximum absolute atomic E-state index is 13.7. The predicted molar refractivity (Wildman–Crippen MR) is 138 cm³/mol. The van der Waals surface area contributed by atoms with Crippen molar-refractivity contribution in [1.29, 1.82) is 0 Å². The molecule has 0 radical (unpaired) electrons. The summed E-state index contributed by atoms with van der Waals surface area (Å²) in [5.41, 5.74) is 7.12. The number of aryl methyl sites for hydroxylation is 2. The second-order valence-electron chi connectivity index (χ2n) is 9.14. The van der Waals surface area contributed by atoms with Crippen LogP contribution in [-0.2, 0) is 4.79 Å². The van der Waals surface area contributed by atoms with E-state index in [2.05, 4.69) is 54.0 Å². The molecule has 0 amide bonds. The Bertz CT molecular complexity index is 1420. The Morgan fingerprint density at radius 2 is 1.79 bits per heavy atom. The quantitative estimate of drug-likeness (QED) is 0.335. The number of nitrogens with zero attached hydrogens (tertiary/aromatic N) is 2. The van der Waals surface area contributed by atoms with E-state index in [0.29, 0.717) is 11.4 Å². The van der Waals surface area contributed by atoms with Crippen molar-refractivity contribution in [2.24, 2.45) is 0 Å². The van der Waals surface area contributed by atoms with Gasteiger partial charge in [-0.2, -0.15) is 5.10 Å². The molecule has 6 heteroatoms. The number of halogens is 1. The van der Waals surface area contributed by atoms with Gasteiger partial charge in [0.2, 0.25) is 0 Å². The summed E-state index contributed by atoms with van der Waals surface area (Å²) in [5.74, 6) is 1.18. The minimum atomic E-state index is -0.167. The molecule has 1 aliphatic heterocycles. The molecule has 170 valence electrons. The lowest BCUT2D eigenvalue weighted by Crippen LogP contribution is -2.30. The van der Waals surface area contributed by atoms with E-state index in [-0.39, 0.29) is 17.6 Å². The number of Topliss-reactive ketones (excluding diaryl/α,β-unsaturated/α-hetero) is 1. The number of thiophene rings is 1. The predicted octanol–water partition coefficient (Wildman–Crippen LogP) is 7.16. The number of rotatable bonds is 3. The fraction of sp³-hybridized carbons (Fsp3) is 0.214. The molecule has 2 atom stereocenters. The molecule has 0 saturated carbocycles. The van der Waals surface area contributed by atoms with Gasteiger partial charge in [0.1, 0.15) is 5.82 Å². The second kappa shape index (κ2) is 8.26. The summed E-state index contributed by atoms with van der Waals surface area (Å²) in [6.45, 7) is 4.11. The number of hydrogen-bond acceptors (Lipinski definition) is 4. The number of hydrogen-bond donors (Lipinski definition) is 1. The van der Waals surface area contributed by atoms with Gasteiger partial charge in [0, 0.05) is 45.0 Å². The van der Waals surface area contributed by atoms with Crippen LogP contribution in [0, 0.1) is 13.8 Å². The molecule has 1 N–H and O–H groups in total. The van der Waals surface area contributed by atoms with Gasteiger partial charge in [0.05, 0.1) is 11.4 Å². The molecule has 4 aromatic rings. The van der Waals surface area contributed by atoms with Gasteiger partial charge in [0.25, 0.3) is 0 Å². The zero-order valence-corrected chi connectivity index (χ0v) is 20.6. The average molecular weight is 486 g/mol. The van der Waals surface area contributed by atoms with Gasteiger partial charge in [-0.25, -0.2) is 4.68 Å². The summed E-state index contributed by atoms with van der Waals surface area (Å²) in [6.07, 6.45) is 1.34. The monoisotopic (exact) mass is 485 g/mol. The summed E-state index contributed by atoms with van der Waals surface area (Å²) in [5, 5.41) is 11.4. The molecule has 0 bridgehead atoms. The average Bonchev–Trinajstić information content (AvgIpc) is 3.48. The number of fused-ring (bicyclic) bond motifs is 1. The zero-order chi connectivity index (χ0) is 23.4. The van der Waals surface area contributed by atoms with Crippen molar-refractivity contribution in [2.45, 2.75) is 38.5 Å². The highest BCUT2D eigenvalue weighted by atomic mass is 35.5. The van der Waals surface area contributed by atoms with Crippen molar-refractivity contribution in [3.05, 3.63) is 110 Å². The SMILES string of the molecule is Cc1ccc(-n2nc(C)c3c2NC2=C(C(=O)C[C@@H](c4cccs4)C2)[C@H]3c2ccc(Cl)cc2)cc1. The summed E-state index contributed by atoms with van der Waals surface area (Å²) in [7, 11) is 0. The van der Waals surface area contributed by atoms with Crippen LogP contribution in [0.25, 0.3) is 5.69 Å². The Balaban J connectivity index is 1.54. The van der Waals surface area contributed by atoms with E-state index >= 15 is 0 Å². The molecule has 3 heterocycles. The van der Waals surface area contributed by atoms with Gasteiger partial charge in [0.15, 0.2) is 5.78 Å². The lowest BCUT2D eigenvalue weighted by Gasteiger charge is -2.35. The number of carbonyl (C=O) groups is 1. The fourth-order valence-electron chi connectivity index (χ4n) is 5.26. The number of ketones is 1. The van der Waals surface area contributed by atoms with Crippen molar-refractivity contribution >= 4 is 34.5 Å². The van der Waals surface area contributed by atoms with Gasteiger partial charge < -0.3 is 5.32 Å². The first-order valence-corrected chi connectivity index (χ1v) is 12.7. The van der Waals surface area contributed by atoms with Gasteiger partial charge in [-0.15, -0.1) is 11.3 Å². The summed E-state index contributed by atoms with van der Waals surface area (Å²) < 4.78 is 1.98. The topological polar surface area (TPSA) is 46.9 Å². The van der Waals surface area contributed by atoms with Crippen molar-refractivity contribution in [3.63, 3.8) is 0 Å². The van der Waals surface area contributed by atoms with Crippen molar-refractivity contribution in [1.82, 2.24) is 9.78 Å². The van der Waals surface area contributed by atoms with E-state index in [1.165, 1.54) is 10.4 Å². The number of carbonyl (C=O) groups excluding carboxylic acids is 1. The molecule has 6 rings (SSSR count). The molecule has 2 aromatic heterocycles. The highest BCUT2D eigenvalue weighted by Gasteiger charge is 2.41. The van der Waals surface area contributed by atoms with Gasteiger partial charge in [-0.1, -0.05) is 47.5 Å². The van der Waals surface area contributed by atoms with Crippen LogP contribution in [-0.4, -0.2) is 15.6 Å². The lowest BCUT2D eigenvalue weighted by atomic mass is 9.73. The second-order valence-corrected chi connectivity index (χ2v) is 10.6. The standard InChI is InChI=1S/C28H24ClN3OS/c1-16-5-11-21(12-6-16)32-28-25(17(2)31-32)26(18-7-9-20(29)10-8-18)27-22(30-28)14-19(15-23(27)33)24-4-3-13-34-24/h3-13,19,26,30H,14-15H2,1-2H3/t19-,26-/m0/s1. The summed E-state index contributed by atoms with van der Waals surface area (Å²) in [6, 6.07) is 20.5. The van der Waals surface area contributed by atoms with Gasteiger partial charge >= 0.3 is 0 Å². The molecule has 0 saturated heterocycles. The summed E-state index contributed by atoms with van der Waals surface area (Å²) in [4.78, 5) is 14.9. The van der Waals surface area contributed by atoms with Crippen LogP contribution in [0.4, 0.5) is 5.82 Å². The minimum Gasteiger partial charge on any atom is -0.343 e. The normalized spacial score (nSPS) is 19.6. The fourth-order valence-corrected chi connectivity index (χ4v) is 6.22. The Morgan fingerprint density at radius 3 is 2.50 bits per heavy atom. The molecular formula is C28H24ClN3OS. The van der Waals surface area contributed by atoms with Crippen molar-refractivity contribution in [3.8, 4) is 5.69 Å². The largest absolute Gasteiger partial charge is 0.343 e. The first kappa shape index (κ1) is 21.4. The Hall–Kier alpha value is -3.15. The van der Waals surface area contributed by atoms with Crippen LogP contribution in [0.3, 0.4) is 0 Å². The number of nitrogens with one attached hydrogen (secondary N) is 1. The number of allylic oxidation sites excluding steroid dienone is 2. The van der Waals surface area contributed by atoms with Gasteiger partial charge in [-0.3, -0.25) is 4.79 Å². The third-order valence-electron chi connectivity index (χ3n) is 6.89. The number of anilines is 1. The first-order valence-electron chi connectivity index (χ1n) is 11.5. The van der Waals surface area contributed by atoms with E-state index in [1.54, 1.807) is 11.3 Å². The minimum absolute atomic E-state index is 0.167. The first-order chi connectivity index (χ1) is 16.5. The lowest BCUT2D eigenvalue weighted by molar-refractivity contribution is -0.116. The zero-order valence-electron chi connectivity index (χ0n) is 19.0. The van der Waals surface area contributed by atoms with Crippen LogP contribution in [0.5, 0.6) is 0 Å². The molecule has 0 unspecified atom stereocenters. The third-order valence-corrected chi connectivity index (χ3v) is 8.18. The molecule has 4 nitrogen and oxygen atoms in total. The molecule has 1 aliphatic carbocycles. The maximum atomic E-state index is 13.7.